The van der Waals surface area contributed by atoms with Crippen molar-refractivity contribution >= 4 is 40.6 Å². The first-order chi connectivity index (χ1) is 22.1. The number of hydrogen-bond donors (Lipinski definition) is 1. The number of amidine groups is 1. The van der Waals surface area contributed by atoms with Crippen LogP contribution in [0, 0.1) is 0 Å². The average molecular weight is 651 g/mol. The van der Waals surface area contributed by atoms with Gasteiger partial charge in [0.05, 0.1) is 49.4 Å². The molecule has 1 saturated heterocycles. The van der Waals surface area contributed by atoms with Crippen LogP contribution in [-0.4, -0.2) is 64.4 Å². The Balaban J connectivity index is 1.19. The zero-order chi connectivity index (χ0) is 32.4. The first kappa shape index (κ1) is 31.9. The SMILES string of the molecule is COc1ccc(C(C)C)c(N2C(=O)CSC2=NN=Cc2ccc(-n3nc(C(=O)NC4CCC(F)(F)CC4)c4c3CCOC4)cc2)c1. The number of rotatable bonds is 8. The molecule has 2 fully saturated rings. The molecule has 1 aliphatic carbocycles. The number of aromatic nitrogens is 2. The number of halogens is 2. The van der Waals surface area contributed by atoms with E-state index in [0.717, 1.165) is 33.8 Å². The monoisotopic (exact) mass is 650 g/mol. The number of anilines is 1. The Morgan fingerprint density at radius 3 is 2.67 bits per heavy atom. The Morgan fingerprint density at radius 1 is 1.20 bits per heavy atom. The predicted molar refractivity (Wildman–Crippen MR) is 174 cm³/mol. The maximum absolute atomic E-state index is 13.6. The molecule has 3 aromatic rings. The average Bonchev–Trinajstić information content (AvgIpc) is 3.62. The number of carbonyl (C=O) groups excluding carboxylic acids is 2. The van der Waals surface area contributed by atoms with Gasteiger partial charge >= 0.3 is 0 Å². The van der Waals surface area contributed by atoms with Crippen LogP contribution in [0.4, 0.5) is 14.5 Å². The highest BCUT2D eigenvalue weighted by Gasteiger charge is 2.36. The molecule has 13 heteroatoms. The minimum absolute atomic E-state index is 0.0697. The fourth-order valence-electron chi connectivity index (χ4n) is 5.92. The van der Waals surface area contributed by atoms with Crippen molar-refractivity contribution in [3.05, 3.63) is 70.5 Å². The summed E-state index contributed by atoms with van der Waals surface area (Å²) in [5.41, 5.74) is 5.17. The molecule has 2 amide bonds. The van der Waals surface area contributed by atoms with E-state index in [-0.39, 0.29) is 67.5 Å². The molecule has 46 heavy (non-hydrogen) atoms. The molecule has 10 nitrogen and oxygen atoms in total. The van der Waals surface area contributed by atoms with Gasteiger partial charge in [0.2, 0.25) is 11.8 Å². The van der Waals surface area contributed by atoms with Gasteiger partial charge < -0.3 is 14.8 Å². The summed E-state index contributed by atoms with van der Waals surface area (Å²) in [6.45, 7) is 4.92. The minimum atomic E-state index is -2.66. The molecule has 1 aromatic heterocycles. The zero-order valence-electron chi connectivity index (χ0n) is 26.0. The van der Waals surface area contributed by atoms with Crippen LogP contribution in [0.2, 0.25) is 0 Å². The quantitative estimate of drug-likeness (QED) is 0.242. The van der Waals surface area contributed by atoms with Crippen molar-refractivity contribution in [2.24, 2.45) is 10.2 Å². The van der Waals surface area contributed by atoms with Crippen LogP contribution in [0.15, 0.2) is 52.7 Å². The second-order valence-corrected chi connectivity index (χ2v) is 12.9. The lowest BCUT2D eigenvalue weighted by molar-refractivity contribution is -0.115. The number of nitrogens with zero attached hydrogens (tertiary/aromatic N) is 5. The van der Waals surface area contributed by atoms with Crippen molar-refractivity contribution in [3.8, 4) is 11.4 Å². The lowest BCUT2D eigenvalue weighted by Gasteiger charge is -2.28. The molecule has 0 bridgehead atoms. The molecule has 2 aliphatic heterocycles. The molecule has 0 unspecified atom stereocenters. The summed E-state index contributed by atoms with van der Waals surface area (Å²) in [5.74, 6) is -1.99. The number of benzene rings is 2. The van der Waals surface area contributed by atoms with Crippen LogP contribution in [-0.2, 0) is 22.6 Å². The van der Waals surface area contributed by atoms with Crippen molar-refractivity contribution in [1.82, 2.24) is 15.1 Å². The van der Waals surface area contributed by atoms with E-state index in [0.29, 0.717) is 23.9 Å². The van der Waals surface area contributed by atoms with Crippen LogP contribution in [0.5, 0.6) is 5.75 Å². The second-order valence-electron chi connectivity index (χ2n) is 11.9. The van der Waals surface area contributed by atoms with Gasteiger partial charge in [-0.3, -0.25) is 14.5 Å². The number of nitrogens with one attached hydrogen (secondary N) is 1. The highest BCUT2D eigenvalue weighted by molar-refractivity contribution is 8.15. The molecule has 1 N–H and O–H groups in total. The van der Waals surface area contributed by atoms with Crippen LogP contribution >= 0.6 is 11.8 Å². The fourth-order valence-corrected chi connectivity index (χ4v) is 6.74. The molecule has 2 aromatic carbocycles. The number of amides is 2. The summed E-state index contributed by atoms with van der Waals surface area (Å²) < 4.78 is 40.0. The van der Waals surface area contributed by atoms with E-state index in [2.05, 4.69) is 34.5 Å². The van der Waals surface area contributed by atoms with E-state index < -0.39 is 5.92 Å². The van der Waals surface area contributed by atoms with E-state index in [4.69, 9.17) is 9.47 Å². The predicted octanol–water partition coefficient (Wildman–Crippen LogP) is 5.85. The van der Waals surface area contributed by atoms with E-state index in [9.17, 15) is 18.4 Å². The molecular weight excluding hydrogens is 614 g/mol. The summed E-state index contributed by atoms with van der Waals surface area (Å²) in [4.78, 5) is 27.7. The molecular formula is C33H36F2N6O4S. The van der Waals surface area contributed by atoms with E-state index in [1.807, 2.05) is 42.5 Å². The Hall–Kier alpha value is -4.10. The van der Waals surface area contributed by atoms with Gasteiger partial charge in [-0.25, -0.2) is 13.5 Å². The lowest BCUT2D eigenvalue weighted by atomic mass is 9.92. The van der Waals surface area contributed by atoms with Gasteiger partial charge in [-0.05, 0) is 48.1 Å². The van der Waals surface area contributed by atoms with Crippen molar-refractivity contribution < 1.29 is 27.8 Å². The van der Waals surface area contributed by atoms with Gasteiger partial charge in [-0.2, -0.15) is 10.2 Å². The van der Waals surface area contributed by atoms with Gasteiger partial charge in [0.25, 0.3) is 5.91 Å². The number of methoxy groups -OCH3 is 1. The van der Waals surface area contributed by atoms with Crippen molar-refractivity contribution in [1.29, 1.82) is 0 Å². The molecule has 3 aliphatic rings. The van der Waals surface area contributed by atoms with Crippen LogP contribution in [0.3, 0.4) is 0 Å². The molecule has 242 valence electrons. The second kappa shape index (κ2) is 13.3. The smallest absolute Gasteiger partial charge is 0.272 e. The summed E-state index contributed by atoms with van der Waals surface area (Å²) in [6, 6.07) is 12.9. The Morgan fingerprint density at radius 2 is 1.96 bits per heavy atom. The van der Waals surface area contributed by atoms with Gasteiger partial charge in [0.1, 0.15) is 5.75 Å². The molecule has 3 heterocycles. The van der Waals surface area contributed by atoms with Gasteiger partial charge in [-0.1, -0.05) is 43.8 Å². The van der Waals surface area contributed by atoms with Gasteiger partial charge in [0.15, 0.2) is 10.9 Å². The normalized spacial score (nSPS) is 19.3. The topological polar surface area (TPSA) is 110 Å². The summed E-state index contributed by atoms with van der Waals surface area (Å²) in [6.07, 6.45) is 2.22. The highest BCUT2D eigenvalue weighted by atomic mass is 32.2. The Kier molecular flexibility index (Phi) is 9.23. The van der Waals surface area contributed by atoms with Crippen LogP contribution in [0.25, 0.3) is 5.69 Å². The summed E-state index contributed by atoms with van der Waals surface area (Å²) >= 11 is 1.33. The van der Waals surface area contributed by atoms with Gasteiger partial charge in [0, 0.05) is 36.9 Å². The van der Waals surface area contributed by atoms with Crippen molar-refractivity contribution in [3.63, 3.8) is 0 Å². The number of alkyl halides is 2. The standard InChI is InChI=1S/C33H36F2N6O4S/c1-20(2)25-9-8-24(44-3)16-28(25)40-29(42)19-46-32(40)38-36-17-21-4-6-23(7-5-21)41-27-12-15-45-18-26(27)30(39-41)31(43)37-22-10-13-33(34,35)14-11-22/h4-9,16-17,20,22H,10-15,18-19H2,1-3H3,(H,37,43). The fraction of sp³-hybridized carbons (Fsp3) is 0.424. The third-order valence-corrected chi connectivity index (χ3v) is 9.35. The van der Waals surface area contributed by atoms with Crippen molar-refractivity contribution in [2.45, 2.75) is 70.4 Å². The number of carbonyl (C=O) groups is 2. The number of hydrogen-bond acceptors (Lipinski definition) is 8. The summed E-state index contributed by atoms with van der Waals surface area (Å²) in [5, 5.41) is 16.7. The summed E-state index contributed by atoms with van der Waals surface area (Å²) in [7, 11) is 1.59. The lowest BCUT2D eigenvalue weighted by Crippen LogP contribution is -2.40. The first-order valence-corrected chi connectivity index (χ1v) is 16.3. The maximum Gasteiger partial charge on any atom is 0.272 e. The molecule has 0 atom stereocenters. The van der Waals surface area contributed by atoms with E-state index in [1.54, 1.807) is 22.9 Å². The minimum Gasteiger partial charge on any atom is -0.497 e. The van der Waals surface area contributed by atoms with Crippen molar-refractivity contribution in [2.75, 3.05) is 24.4 Å². The molecule has 0 radical (unpaired) electrons. The molecule has 6 rings (SSSR count). The largest absolute Gasteiger partial charge is 0.497 e. The zero-order valence-corrected chi connectivity index (χ0v) is 26.8. The van der Waals surface area contributed by atoms with Crippen LogP contribution in [0.1, 0.15) is 78.3 Å². The molecule has 0 spiro atoms. The van der Waals surface area contributed by atoms with E-state index in [1.165, 1.54) is 11.8 Å². The molecule has 1 saturated carbocycles. The van der Waals surface area contributed by atoms with E-state index >= 15 is 0 Å². The third-order valence-electron chi connectivity index (χ3n) is 8.44. The highest BCUT2D eigenvalue weighted by Crippen LogP contribution is 2.36. The Labute approximate surface area is 270 Å². The van der Waals surface area contributed by atoms with Crippen LogP contribution < -0.4 is 15.0 Å². The first-order valence-electron chi connectivity index (χ1n) is 15.4. The Bertz CT molecular complexity index is 1680. The van der Waals surface area contributed by atoms with Gasteiger partial charge in [-0.15, -0.1) is 5.10 Å². The number of ether oxygens (including phenoxy) is 2. The number of thioether (sulfide) groups is 1. The maximum atomic E-state index is 13.6. The third kappa shape index (κ3) is 6.70. The number of fused-ring (bicyclic) bond motifs is 1.